The fraction of sp³-hybridized carbons (Fsp3) is 0.877. The molecule has 0 bridgehead atoms. The summed E-state index contributed by atoms with van der Waals surface area (Å²) in [7, 11) is 0. The van der Waals surface area contributed by atoms with E-state index in [2.05, 4.69) is 43.5 Å². The van der Waals surface area contributed by atoms with Crippen molar-refractivity contribution in [3.8, 4) is 0 Å². The maximum Gasteiger partial charge on any atom is 0.305 e. The maximum absolute atomic E-state index is 13.1. The number of aliphatic hydroxyl groups is 5. The number of amides is 1. The van der Waals surface area contributed by atoms with Crippen LogP contribution in [0.1, 0.15) is 303 Å². The largest absolute Gasteiger partial charge is 0.466 e. The van der Waals surface area contributed by atoms with Crippen molar-refractivity contribution in [3.05, 3.63) is 36.5 Å². The van der Waals surface area contributed by atoms with Crippen LogP contribution in [0, 0.1) is 0 Å². The lowest BCUT2D eigenvalue weighted by Crippen LogP contribution is -2.60. The quantitative estimate of drug-likeness (QED) is 0.0195. The predicted octanol–water partition coefficient (Wildman–Crippen LogP) is 15.5. The lowest BCUT2D eigenvalue weighted by Gasteiger charge is -2.40. The molecule has 11 heteroatoms. The second kappa shape index (κ2) is 54.8. The molecule has 1 aliphatic heterocycles. The highest BCUT2D eigenvalue weighted by atomic mass is 16.7. The number of rotatable bonds is 56. The molecule has 0 saturated carbocycles. The first kappa shape index (κ1) is 71.9. The summed E-state index contributed by atoms with van der Waals surface area (Å²) in [6.07, 6.45) is 58.1. The molecule has 1 fully saturated rings. The monoisotopic (exact) mass is 1080 g/mol. The Morgan fingerprint density at radius 1 is 0.474 bits per heavy atom. The Labute approximate surface area is 466 Å². The van der Waals surface area contributed by atoms with Crippen molar-refractivity contribution >= 4 is 11.9 Å². The van der Waals surface area contributed by atoms with Gasteiger partial charge in [0.2, 0.25) is 5.91 Å². The molecule has 1 rings (SSSR count). The number of aliphatic hydroxyl groups excluding tert-OH is 5. The number of allylic oxidation sites excluding steroid dienone is 5. The molecule has 0 aromatic heterocycles. The van der Waals surface area contributed by atoms with E-state index in [1.807, 2.05) is 6.08 Å². The van der Waals surface area contributed by atoms with E-state index in [1.54, 1.807) is 6.08 Å². The van der Waals surface area contributed by atoms with Crippen LogP contribution >= 0.6 is 0 Å². The van der Waals surface area contributed by atoms with Gasteiger partial charge in [-0.1, -0.05) is 249 Å². The molecule has 446 valence electrons. The summed E-state index contributed by atoms with van der Waals surface area (Å²) in [6.45, 7) is 4.32. The van der Waals surface area contributed by atoms with Gasteiger partial charge in [0.15, 0.2) is 6.29 Å². The number of nitrogens with one attached hydrogen (secondary N) is 1. The van der Waals surface area contributed by atoms with E-state index in [4.69, 9.17) is 14.2 Å². The van der Waals surface area contributed by atoms with E-state index in [0.717, 1.165) is 77.0 Å². The molecule has 0 spiro atoms. The molecule has 1 amide bonds. The van der Waals surface area contributed by atoms with Crippen LogP contribution in [-0.4, -0.2) is 100 Å². The Balaban J connectivity index is 2.08. The average molecular weight is 1080 g/mol. The van der Waals surface area contributed by atoms with Crippen molar-refractivity contribution < 1.29 is 49.3 Å². The van der Waals surface area contributed by atoms with E-state index < -0.39 is 49.5 Å². The molecule has 0 radical (unpaired) electrons. The molecular weight excluding hydrogens is 955 g/mol. The summed E-state index contributed by atoms with van der Waals surface area (Å²) < 4.78 is 16.7. The van der Waals surface area contributed by atoms with Crippen LogP contribution in [0.5, 0.6) is 0 Å². The maximum atomic E-state index is 13.1. The second-order valence-corrected chi connectivity index (χ2v) is 22.5. The summed E-state index contributed by atoms with van der Waals surface area (Å²) in [5, 5.41) is 54.5. The van der Waals surface area contributed by atoms with Gasteiger partial charge in [-0.2, -0.15) is 0 Å². The third-order valence-corrected chi connectivity index (χ3v) is 15.2. The molecule has 1 heterocycles. The van der Waals surface area contributed by atoms with E-state index in [1.165, 1.54) is 199 Å². The van der Waals surface area contributed by atoms with Gasteiger partial charge in [0, 0.05) is 12.8 Å². The summed E-state index contributed by atoms with van der Waals surface area (Å²) >= 11 is 0. The van der Waals surface area contributed by atoms with Crippen molar-refractivity contribution in [1.29, 1.82) is 0 Å². The van der Waals surface area contributed by atoms with Gasteiger partial charge >= 0.3 is 5.97 Å². The molecule has 76 heavy (non-hydrogen) atoms. The average Bonchev–Trinajstić information content (AvgIpc) is 3.42. The number of ether oxygens (including phenoxy) is 3. The summed E-state index contributed by atoms with van der Waals surface area (Å²) in [4.78, 5) is 25.1. The lowest BCUT2D eigenvalue weighted by atomic mass is 9.99. The van der Waals surface area contributed by atoms with Crippen LogP contribution in [0.2, 0.25) is 0 Å². The molecule has 0 aliphatic carbocycles. The number of unbranched alkanes of at least 4 members (excludes halogenated alkanes) is 38. The third kappa shape index (κ3) is 43.7. The van der Waals surface area contributed by atoms with E-state index in [9.17, 15) is 35.1 Å². The molecule has 1 saturated heterocycles. The van der Waals surface area contributed by atoms with Crippen LogP contribution in [0.15, 0.2) is 36.5 Å². The van der Waals surface area contributed by atoms with Crippen LogP contribution < -0.4 is 5.32 Å². The molecule has 1 aliphatic rings. The normalized spacial score (nSPS) is 18.9. The van der Waals surface area contributed by atoms with Gasteiger partial charge in [-0.3, -0.25) is 9.59 Å². The highest BCUT2D eigenvalue weighted by Gasteiger charge is 2.44. The molecule has 6 N–H and O–H groups in total. The Morgan fingerprint density at radius 3 is 1.30 bits per heavy atom. The van der Waals surface area contributed by atoms with Gasteiger partial charge < -0.3 is 45.1 Å². The number of esters is 1. The highest BCUT2D eigenvalue weighted by molar-refractivity contribution is 5.76. The Hall–Kier alpha value is -2.12. The third-order valence-electron chi connectivity index (χ3n) is 15.2. The van der Waals surface area contributed by atoms with Gasteiger partial charge in [0.25, 0.3) is 0 Å². The second-order valence-electron chi connectivity index (χ2n) is 22.5. The van der Waals surface area contributed by atoms with Crippen LogP contribution in [0.25, 0.3) is 0 Å². The zero-order valence-electron chi connectivity index (χ0n) is 49.2. The van der Waals surface area contributed by atoms with Gasteiger partial charge in [-0.25, -0.2) is 0 Å². The van der Waals surface area contributed by atoms with Crippen molar-refractivity contribution in [3.63, 3.8) is 0 Å². The zero-order valence-corrected chi connectivity index (χ0v) is 49.2. The number of hydrogen-bond acceptors (Lipinski definition) is 10. The van der Waals surface area contributed by atoms with Crippen molar-refractivity contribution in [1.82, 2.24) is 5.32 Å². The fourth-order valence-electron chi connectivity index (χ4n) is 10.1. The lowest BCUT2D eigenvalue weighted by molar-refractivity contribution is -0.302. The molecule has 11 nitrogen and oxygen atoms in total. The smallest absolute Gasteiger partial charge is 0.305 e. The van der Waals surface area contributed by atoms with Crippen LogP contribution in [0.3, 0.4) is 0 Å². The SMILES string of the molecule is CCCC/C=C\CCCCCCCC(=O)OCCCCCCCCCCCCC/C=C\CCCCCCCCCC(=O)NC(COC1OC(CO)C(O)C(O)C1O)C(O)/C=C/CCCCCCCCCCCCCCC. The minimum Gasteiger partial charge on any atom is -0.466 e. The topological polar surface area (TPSA) is 175 Å². The van der Waals surface area contributed by atoms with Gasteiger partial charge in [0.05, 0.1) is 32.0 Å². The summed E-state index contributed by atoms with van der Waals surface area (Å²) in [5.41, 5.74) is 0. The van der Waals surface area contributed by atoms with Gasteiger partial charge in [-0.15, -0.1) is 0 Å². The summed E-state index contributed by atoms with van der Waals surface area (Å²) in [5.74, 6) is -0.201. The predicted molar refractivity (Wildman–Crippen MR) is 315 cm³/mol. The molecule has 0 aromatic carbocycles. The highest BCUT2D eigenvalue weighted by Crippen LogP contribution is 2.23. The Morgan fingerprint density at radius 2 is 0.855 bits per heavy atom. The van der Waals surface area contributed by atoms with Crippen molar-refractivity contribution in [2.75, 3.05) is 19.8 Å². The Bertz CT molecular complexity index is 1360. The van der Waals surface area contributed by atoms with E-state index >= 15 is 0 Å². The summed E-state index contributed by atoms with van der Waals surface area (Å²) in [6, 6.07) is -0.816. The fourth-order valence-corrected chi connectivity index (χ4v) is 10.1. The standard InChI is InChI=1S/C65H121NO10/c1-3-5-7-9-11-13-15-16-25-28-32-35-39-43-47-51-58(68)57(56-75-65-64(73)63(72)62(71)59(55-67)76-65)66-60(69)52-48-44-40-36-33-29-26-23-21-19-17-18-20-22-24-27-30-34-38-42-46-50-54-74-61(70)53-49-45-41-37-31-14-12-10-8-6-4-2/h10,12,19,21,47,51,57-59,62-65,67-68,71-73H,3-9,11,13-18,20,22-46,48-50,52-56H2,1-2H3,(H,66,69)/b12-10-,21-19-,51-47+. The first-order chi connectivity index (χ1) is 37.2. The van der Waals surface area contributed by atoms with Gasteiger partial charge in [0.1, 0.15) is 24.4 Å². The van der Waals surface area contributed by atoms with Crippen LogP contribution in [-0.2, 0) is 23.8 Å². The van der Waals surface area contributed by atoms with Crippen molar-refractivity contribution in [2.24, 2.45) is 0 Å². The van der Waals surface area contributed by atoms with Crippen LogP contribution in [0.4, 0.5) is 0 Å². The minimum absolute atomic E-state index is 0.0135. The molecular formula is C65H121NO10. The number of hydrogen-bond donors (Lipinski definition) is 6. The minimum atomic E-state index is -1.57. The number of carbonyl (C=O) groups is 2. The number of carbonyl (C=O) groups excluding carboxylic acids is 2. The first-order valence-electron chi connectivity index (χ1n) is 32.3. The van der Waals surface area contributed by atoms with E-state index in [-0.39, 0.29) is 18.5 Å². The molecule has 7 unspecified atom stereocenters. The van der Waals surface area contributed by atoms with E-state index in [0.29, 0.717) is 19.4 Å². The first-order valence-corrected chi connectivity index (χ1v) is 32.3. The molecule has 0 aromatic rings. The molecule has 7 atom stereocenters. The van der Waals surface area contributed by atoms with Gasteiger partial charge in [-0.05, 0) is 77.0 Å². The Kier molecular flexibility index (Phi) is 51.9. The van der Waals surface area contributed by atoms with Crippen molar-refractivity contribution in [2.45, 2.75) is 346 Å². The zero-order chi connectivity index (χ0) is 55.2.